The van der Waals surface area contributed by atoms with Gasteiger partial charge in [0.25, 0.3) is 5.69 Å². The Morgan fingerprint density at radius 2 is 1.82 bits per heavy atom. The van der Waals surface area contributed by atoms with Gasteiger partial charge in [-0.25, -0.2) is 4.79 Å². The van der Waals surface area contributed by atoms with E-state index >= 15 is 0 Å². The minimum atomic E-state index is -0.571. The number of benzene rings is 1. The number of carbonyl (C=O) groups excluding carboxylic acids is 1. The number of fused-ring (bicyclic) bond motifs is 5. The van der Waals surface area contributed by atoms with Gasteiger partial charge in [-0.15, -0.1) is 0 Å². The number of nitrogens with zero attached hydrogens (tertiary/aromatic N) is 1. The van der Waals surface area contributed by atoms with Crippen LogP contribution in [-0.2, 0) is 4.74 Å². The van der Waals surface area contributed by atoms with Crippen LogP contribution in [0.25, 0.3) is 0 Å². The Bertz CT molecular complexity index is 1110. The van der Waals surface area contributed by atoms with Crippen molar-refractivity contribution in [1.82, 2.24) is 0 Å². The molecule has 3 saturated carbocycles. The van der Waals surface area contributed by atoms with Crippen molar-refractivity contribution in [1.29, 1.82) is 0 Å². The lowest BCUT2D eigenvalue weighted by Gasteiger charge is -2.58. The van der Waals surface area contributed by atoms with Crippen LogP contribution in [0, 0.1) is 56.5 Å². The highest BCUT2D eigenvalue weighted by Gasteiger charge is 2.59. The van der Waals surface area contributed by atoms with Gasteiger partial charge in [-0.2, -0.15) is 0 Å². The third-order valence-corrected chi connectivity index (χ3v) is 11.9. The zero-order valence-corrected chi connectivity index (χ0v) is 24.8. The van der Waals surface area contributed by atoms with Crippen LogP contribution < -0.4 is 0 Å². The summed E-state index contributed by atoms with van der Waals surface area (Å²) in [5.74, 6) is 4.25. The van der Waals surface area contributed by atoms with Crippen molar-refractivity contribution in [2.75, 3.05) is 0 Å². The molecule has 3 fully saturated rings. The van der Waals surface area contributed by atoms with E-state index in [2.05, 4.69) is 40.7 Å². The first-order chi connectivity index (χ1) is 18.5. The van der Waals surface area contributed by atoms with Crippen molar-refractivity contribution in [2.45, 2.75) is 111 Å². The molecule has 0 radical (unpaired) electrons. The van der Waals surface area contributed by atoms with Crippen LogP contribution in [0.15, 0.2) is 35.9 Å². The summed E-state index contributed by atoms with van der Waals surface area (Å²) in [6, 6.07) is 6.10. The average Bonchev–Trinajstić information content (AvgIpc) is 3.26. The normalized spacial score (nSPS) is 36.4. The molecular weight excluding hydrogens is 486 g/mol. The first-order valence-electron chi connectivity index (χ1n) is 15.7. The van der Waals surface area contributed by atoms with Gasteiger partial charge in [0.05, 0.1) is 4.92 Å². The highest BCUT2D eigenvalue weighted by atomic mass is 16.6. The Morgan fingerprint density at radius 1 is 1.05 bits per heavy atom. The summed E-state index contributed by atoms with van der Waals surface area (Å²) in [6.07, 6.45) is 15.7. The maximum Gasteiger partial charge on any atom is 0.345 e. The third kappa shape index (κ3) is 5.20. The van der Waals surface area contributed by atoms with E-state index in [4.69, 9.17) is 4.74 Å². The van der Waals surface area contributed by atoms with E-state index in [9.17, 15) is 14.9 Å². The van der Waals surface area contributed by atoms with Gasteiger partial charge in [0.15, 0.2) is 0 Å². The molecule has 4 aliphatic rings. The second-order valence-corrected chi connectivity index (χ2v) is 14.3. The van der Waals surface area contributed by atoms with Gasteiger partial charge >= 0.3 is 5.97 Å². The first kappa shape index (κ1) is 28.4. The second kappa shape index (κ2) is 11.0. The molecule has 214 valence electrons. The van der Waals surface area contributed by atoms with E-state index in [1.165, 1.54) is 62.7 Å². The van der Waals surface area contributed by atoms with Crippen molar-refractivity contribution in [2.24, 2.45) is 46.3 Å². The van der Waals surface area contributed by atoms with Crippen LogP contribution in [0.3, 0.4) is 0 Å². The topological polar surface area (TPSA) is 69.4 Å². The Hall–Kier alpha value is -2.17. The summed E-state index contributed by atoms with van der Waals surface area (Å²) < 4.78 is 5.89. The monoisotopic (exact) mass is 535 g/mol. The predicted octanol–water partition coefficient (Wildman–Crippen LogP) is 9.16. The Morgan fingerprint density at radius 3 is 2.56 bits per heavy atom. The number of esters is 1. The molecule has 0 bridgehead atoms. The molecule has 0 spiro atoms. The van der Waals surface area contributed by atoms with Crippen LogP contribution in [0.5, 0.6) is 0 Å². The zero-order valence-electron chi connectivity index (χ0n) is 24.8. The summed E-state index contributed by atoms with van der Waals surface area (Å²) in [7, 11) is 0. The average molecular weight is 536 g/mol. The van der Waals surface area contributed by atoms with Gasteiger partial charge in [0.1, 0.15) is 11.7 Å². The van der Waals surface area contributed by atoms with E-state index in [1.807, 2.05) is 0 Å². The summed E-state index contributed by atoms with van der Waals surface area (Å²) in [5, 5.41) is 11.4. The second-order valence-electron chi connectivity index (χ2n) is 14.3. The number of hydrogen-bond donors (Lipinski definition) is 0. The van der Waals surface area contributed by atoms with Crippen molar-refractivity contribution >= 4 is 11.7 Å². The van der Waals surface area contributed by atoms with Gasteiger partial charge in [-0.05, 0) is 97.3 Å². The predicted molar refractivity (Wildman–Crippen MR) is 155 cm³/mol. The van der Waals surface area contributed by atoms with Gasteiger partial charge in [0.2, 0.25) is 0 Å². The summed E-state index contributed by atoms with van der Waals surface area (Å²) in [4.78, 5) is 23.8. The van der Waals surface area contributed by atoms with Gasteiger partial charge in [-0.3, -0.25) is 10.1 Å². The lowest BCUT2D eigenvalue weighted by molar-refractivity contribution is -0.385. The van der Waals surface area contributed by atoms with Crippen LogP contribution in [0.4, 0.5) is 5.69 Å². The number of carbonyl (C=O) groups is 1. The molecule has 5 nitrogen and oxygen atoms in total. The van der Waals surface area contributed by atoms with E-state index in [0.29, 0.717) is 5.41 Å². The van der Waals surface area contributed by atoms with E-state index < -0.39 is 10.9 Å². The molecule has 8 atom stereocenters. The highest BCUT2D eigenvalue weighted by Crippen LogP contribution is 2.67. The fraction of sp³-hybridized carbons (Fsp3) is 0.735. The molecule has 0 heterocycles. The molecular formula is C34H49NO4. The lowest BCUT2D eigenvalue weighted by Crippen LogP contribution is -2.51. The molecule has 0 amide bonds. The highest BCUT2D eigenvalue weighted by molar-refractivity contribution is 5.94. The van der Waals surface area contributed by atoms with Crippen LogP contribution in [-0.4, -0.2) is 17.0 Å². The van der Waals surface area contributed by atoms with Crippen LogP contribution in [0.1, 0.15) is 116 Å². The third-order valence-electron chi connectivity index (χ3n) is 11.9. The zero-order chi connectivity index (χ0) is 27.9. The number of nitro groups is 1. The molecule has 5 heteroatoms. The molecule has 0 saturated heterocycles. The van der Waals surface area contributed by atoms with Crippen molar-refractivity contribution in [3.05, 3.63) is 51.6 Å². The van der Waals surface area contributed by atoms with Gasteiger partial charge in [-0.1, -0.05) is 77.7 Å². The number of allylic oxidation sites excluding steroid dienone is 1. The number of rotatable bonds is 8. The molecule has 5 rings (SSSR count). The molecule has 0 unspecified atom stereocenters. The lowest BCUT2D eigenvalue weighted by atomic mass is 9.47. The largest absolute Gasteiger partial charge is 0.458 e. The smallest absolute Gasteiger partial charge is 0.345 e. The standard InChI is InChI=1S/C34H49NO4/c1-22(2)9-8-10-23(3)28-15-16-29-26-14-13-24-21-25(17-19-33(24,4)30(26)18-20-34(28,29)5)39-32(36)27-11-6-7-12-31(27)35(37)38/h6-7,11-13,22-23,25-26,28-30H,8-10,14-21H2,1-5H3/t23-,25+,26-,28+,29-,30-,33+,34+/m1/s1. The SMILES string of the molecule is CC(C)CCC[C@@H](C)[C@@H]1CC[C@@H]2[C@H]3CC=C4C[C@@H](OC(=O)c5ccccc5[N+](=O)[O-])CC[C@]4(C)[C@@H]3CC[C@]21C. The fourth-order valence-corrected chi connectivity index (χ4v) is 9.77. The molecule has 1 aromatic carbocycles. The van der Waals surface area contributed by atoms with E-state index in [1.54, 1.807) is 12.1 Å². The maximum atomic E-state index is 12.9. The molecule has 0 N–H and O–H groups in total. The summed E-state index contributed by atoms with van der Waals surface area (Å²) in [6.45, 7) is 12.4. The number of hydrogen-bond acceptors (Lipinski definition) is 4. The van der Waals surface area contributed by atoms with E-state index in [-0.39, 0.29) is 22.8 Å². The molecule has 0 aromatic heterocycles. The summed E-state index contributed by atoms with van der Waals surface area (Å²) >= 11 is 0. The van der Waals surface area contributed by atoms with Gasteiger partial charge in [0, 0.05) is 12.5 Å². The van der Waals surface area contributed by atoms with Crippen molar-refractivity contribution in [3.63, 3.8) is 0 Å². The number of ether oxygens (including phenoxy) is 1. The van der Waals surface area contributed by atoms with Crippen molar-refractivity contribution < 1.29 is 14.5 Å². The van der Waals surface area contributed by atoms with Gasteiger partial charge < -0.3 is 4.74 Å². The fourth-order valence-electron chi connectivity index (χ4n) is 9.77. The number of nitro benzene ring substituents is 1. The molecule has 0 aliphatic heterocycles. The Balaban J connectivity index is 1.26. The minimum Gasteiger partial charge on any atom is -0.458 e. The minimum absolute atomic E-state index is 0.0503. The Kier molecular flexibility index (Phi) is 8.01. The maximum absolute atomic E-state index is 12.9. The molecule has 39 heavy (non-hydrogen) atoms. The number of para-hydroxylation sites is 1. The Labute approximate surface area is 235 Å². The van der Waals surface area contributed by atoms with Crippen LogP contribution >= 0.6 is 0 Å². The van der Waals surface area contributed by atoms with Crippen molar-refractivity contribution in [3.8, 4) is 0 Å². The van der Waals surface area contributed by atoms with Crippen LogP contribution in [0.2, 0.25) is 0 Å². The first-order valence-corrected chi connectivity index (χ1v) is 15.7. The summed E-state index contributed by atoms with van der Waals surface area (Å²) in [5.41, 5.74) is 2.01. The molecule has 4 aliphatic carbocycles. The van der Waals surface area contributed by atoms with E-state index in [0.717, 1.165) is 61.2 Å². The molecule has 1 aromatic rings. The quantitative estimate of drug-likeness (QED) is 0.144.